The minimum Gasteiger partial charge on any atom is -0.490 e. The van der Waals surface area contributed by atoms with Gasteiger partial charge < -0.3 is 23.5 Å². The predicted molar refractivity (Wildman–Crippen MR) is 120 cm³/mol. The van der Waals surface area contributed by atoms with Crippen molar-refractivity contribution in [1.29, 1.82) is 0 Å². The molecule has 2 heterocycles. The van der Waals surface area contributed by atoms with Crippen molar-refractivity contribution in [2.45, 2.75) is 25.4 Å². The van der Waals surface area contributed by atoms with E-state index < -0.39 is 0 Å². The minimum atomic E-state index is -0.244. The molecule has 0 aliphatic carbocycles. The van der Waals surface area contributed by atoms with Crippen molar-refractivity contribution in [1.82, 2.24) is 9.55 Å². The van der Waals surface area contributed by atoms with Crippen molar-refractivity contribution in [3.05, 3.63) is 71.3 Å². The molecule has 0 N–H and O–H groups in total. The second kappa shape index (κ2) is 9.96. The number of esters is 1. The van der Waals surface area contributed by atoms with Gasteiger partial charge in [-0.2, -0.15) is 0 Å². The Morgan fingerprint density at radius 3 is 2.78 bits per heavy atom. The van der Waals surface area contributed by atoms with Crippen LogP contribution in [0.3, 0.4) is 0 Å². The predicted octanol–water partition coefficient (Wildman–Crippen LogP) is 4.38. The first-order valence-electron chi connectivity index (χ1n) is 10.5. The number of aromatic nitrogens is 2. The van der Waals surface area contributed by atoms with E-state index in [1.54, 1.807) is 37.6 Å². The molecular formula is C24H25ClN2O5. The normalized spacial score (nSPS) is 15.8. The fourth-order valence-electron chi connectivity index (χ4n) is 3.64. The van der Waals surface area contributed by atoms with E-state index in [1.165, 1.54) is 0 Å². The number of hydrogen-bond acceptors (Lipinski definition) is 6. The van der Waals surface area contributed by atoms with Gasteiger partial charge in [-0.15, -0.1) is 0 Å². The summed E-state index contributed by atoms with van der Waals surface area (Å²) in [6, 6.07) is 13.0. The highest BCUT2D eigenvalue weighted by Gasteiger charge is 2.23. The zero-order valence-electron chi connectivity index (χ0n) is 18.0. The molecule has 2 aromatic carbocycles. The quantitative estimate of drug-likeness (QED) is 0.468. The zero-order chi connectivity index (χ0) is 22.5. The molecule has 0 radical (unpaired) electrons. The highest BCUT2D eigenvalue weighted by molar-refractivity contribution is 6.30. The average molecular weight is 457 g/mol. The molecule has 7 nitrogen and oxygen atoms in total. The van der Waals surface area contributed by atoms with E-state index in [1.807, 2.05) is 35.9 Å². The van der Waals surface area contributed by atoms with Gasteiger partial charge in [0.1, 0.15) is 19.0 Å². The van der Waals surface area contributed by atoms with E-state index in [4.69, 9.17) is 30.5 Å². The van der Waals surface area contributed by atoms with Crippen LogP contribution < -0.4 is 14.2 Å². The van der Waals surface area contributed by atoms with Gasteiger partial charge in [-0.05, 0) is 36.8 Å². The Bertz CT molecular complexity index is 1070. The third kappa shape index (κ3) is 5.16. The molecule has 1 aromatic heterocycles. The molecule has 1 unspecified atom stereocenters. The molecule has 32 heavy (non-hydrogen) atoms. The molecule has 0 spiro atoms. The maximum Gasteiger partial charge on any atom is 0.306 e. The van der Waals surface area contributed by atoms with Crippen LogP contribution in [0.1, 0.15) is 30.5 Å². The van der Waals surface area contributed by atoms with Crippen LogP contribution in [0.15, 0.2) is 55.0 Å². The Hall–Kier alpha value is -3.19. The third-order valence-corrected chi connectivity index (χ3v) is 5.46. The number of fused-ring (bicyclic) bond motifs is 1. The van der Waals surface area contributed by atoms with Gasteiger partial charge in [0.05, 0.1) is 19.4 Å². The zero-order valence-corrected chi connectivity index (χ0v) is 18.7. The van der Waals surface area contributed by atoms with Crippen LogP contribution >= 0.6 is 11.6 Å². The summed E-state index contributed by atoms with van der Waals surface area (Å²) >= 11 is 6.03. The number of benzene rings is 2. The van der Waals surface area contributed by atoms with Gasteiger partial charge in [-0.3, -0.25) is 4.79 Å². The topological polar surface area (TPSA) is 71.8 Å². The summed E-state index contributed by atoms with van der Waals surface area (Å²) in [5.74, 6) is 1.60. The summed E-state index contributed by atoms with van der Waals surface area (Å²) < 4.78 is 24.6. The first kappa shape index (κ1) is 22.0. The van der Waals surface area contributed by atoms with Crippen molar-refractivity contribution in [2.75, 3.05) is 19.8 Å². The Labute approximate surface area is 191 Å². The maximum atomic E-state index is 12.2. The summed E-state index contributed by atoms with van der Waals surface area (Å²) in [5, 5.41) is 0.593. The second-order valence-electron chi connectivity index (χ2n) is 7.51. The lowest BCUT2D eigenvalue weighted by Gasteiger charge is -2.26. The van der Waals surface area contributed by atoms with E-state index in [0.717, 1.165) is 11.3 Å². The van der Waals surface area contributed by atoms with Crippen molar-refractivity contribution in [2.24, 2.45) is 7.05 Å². The Morgan fingerprint density at radius 1 is 1.25 bits per heavy atom. The number of nitrogens with zero attached hydrogens (tertiary/aromatic N) is 2. The fourth-order valence-corrected chi connectivity index (χ4v) is 3.80. The van der Waals surface area contributed by atoms with E-state index in [9.17, 15) is 4.79 Å². The van der Waals surface area contributed by atoms with Crippen LogP contribution in [0, 0.1) is 0 Å². The van der Waals surface area contributed by atoms with Gasteiger partial charge in [-0.25, -0.2) is 4.98 Å². The molecule has 0 fully saturated rings. The smallest absolute Gasteiger partial charge is 0.306 e. The molecule has 1 aliphatic heterocycles. The highest BCUT2D eigenvalue weighted by Crippen LogP contribution is 2.34. The van der Waals surface area contributed by atoms with Crippen LogP contribution in [0.25, 0.3) is 0 Å². The highest BCUT2D eigenvalue weighted by atomic mass is 35.5. The van der Waals surface area contributed by atoms with E-state index >= 15 is 0 Å². The molecule has 0 amide bonds. The Morgan fingerprint density at radius 2 is 2.06 bits per heavy atom. The molecule has 8 heteroatoms. The number of imidazole rings is 1. The lowest BCUT2D eigenvalue weighted by molar-refractivity contribution is -0.143. The Balaban J connectivity index is 1.41. The van der Waals surface area contributed by atoms with E-state index in [0.29, 0.717) is 42.1 Å². The van der Waals surface area contributed by atoms with Crippen molar-refractivity contribution < 1.29 is 23.7 Å². The fraction of sp³-hybridized carbons (Fsp3) is 0.333. The number of rotatable bonds is 8. The number of halogens is 1. The largest absolute Gasteiger partial charge is 0.490 e. The second-order valence-corrected chi connectivity index (χ2v) is 7.95. The number of carbonyl (C=O) groups is 1. The first-order valence-corrected chi connectivity index (χ1v) is 10.8. The molecule has 0 saturated carbocycles. The summed E-state index contributed by atoms with van der Waals surface area (Å²) in [4.78, 5) is 16.4. The first-order chi connectivity index (χ1) is 15.5. The lowest BCUT2D eigenvalue weighted by Crippen LogP contribution is -2.34. The monoisotopic (exact) mass is 456 g/mol. The standard InChI is InChI=1S/C24H25ClN2O5/c1-3-29-24(28)11-20(21-12-26-15-27(21)2)16-4-7-18(8-5-16)30-13-19-14-31-22-9-6-17(25)10-23(22)32-19/h4-10,12,15,19-20H,3,11,13-14H2,1-2H3/t19-,20?/m0/s1. The van der Waals surface area contributed by atoms with Gasteiger partial charge in [0, 0.05) is 35.9 Å². The third-order valence-electron chi connectivity index (χ3n) is 5.23. The van der Waals surface area contributed by atoms with Crippen LogP contribution in [-0.4, -0.2) is 41.4 Å². The summed E-state index contributed by atoms with van der Waals surface area (Å²) in [6.07, 6.45) is 3.50. The molecular weight excluding hydrogens is 432 g/mol. The number of ether oxygens (including phenoxy) is 4. The molecule has 0 saturated heterocycles. The van der Waals surface area contributed by atoms with E-state index in [-0.39, 0.29) is 24.4 Å². The average Bonchev–Trinajstić information content (AvgIpc) is 3.22. The minimum absolute atomic E-state index is 0.160. The maximum absolute atomic E-state index is 12.2. The summed E-state index contributed by atoms with van der Waals surface area (Å²) in [5.41, 5.74) is 1.92. The van der Waals surface area contributed by atoms with E-state index in [2.05, 4.69) is 4.98 Å². The van der Waals surface area contributed by atoms with Gasteiger partial charge >= 0.3 is 5.97 Å². The van der Waals surface area contributed by atoms with Gasteiger partial charge in [0.2, 0.25) is 0 Å². The van der Waals surface area contributed by atoms with Gasteiger partial charge in [-0.1, -0.05) is 23.7 Å². The summed E-state index contributed by atoms with van der Waals surface area (Å²) in [6.45, 7) is 2.89. The lowest BCUT2D eigenvalue weighted by atomic mass is 9.92. The van der Waals surface area contributed by atoms with Crippen molar-refractivity contribution >= 4 is 17.6 Å². The molecule has 1 aliphatic rings. The van der Waals surface area contributed by atoms with Crippen LogP contribution in [0.4, 0.5) is 0 Å². The molecule has 4 rings (SSSR count). The Kier molecular flexibility index (Phi) is 6.85. The van der Waals surface area contributed by atoms with Crippen LogP contribution in [0.5, 0.6) is 17.2 Å². The molecule has 168 valence electrons. The van der Waals surface area contributed by atoms with Gasteiger partial charge in [0.15, 0.2) is 17.6 Å². The van der Waals surface area contributed by atoms with Gasteiger partial charge in [0.25, 0.3) is 0 Å². The van der Waals surface area contributed by atoms with Crippen LogP contribution in [-0.2, 0) is 16.6 Å². The molecule has 0 bridgehead atoms. The van der Waals surface area contributed by atoms with Crippen molar-refractivity contribution in [3.8, 4) is 17.2 Å². The number of aryl methyl sites for hydroxylation is 1. The summed E-state index contributed by atoms with van der Waals surface area (Å²) in [7, 11) is 1.91. The molecule has 2 atom stereocenters. The molecule has 3 aromatic rings. The number of carbonyl (C=O) groups excluding carboxylic acids is 1. The number of hydrogen-bond donors (Lipinski definition) is 0. The SMILES string of the molecule is CCOC(=O)CC(c1ccc(OC[C@H]2COc3ccc(Cl)cc3O2)cc1)c1cncn1C. The van der Waals surface area contributed by atoms with Crippen LogP contribution in [0.2, 0.25) is 5.02 Å². The van der Waals surface area contributed by atoms with Crippen molar-refractivity contribution in [3.63, 3.8) is 0 Å².